The molecule has 7 nitrogen and oxygen atoms in total. The Morgan fingerprint density at radius 1 is 1.29 bits per heavy atom. The first kappa shape index (κ1) is 25.2. The molecule has 35 heavy (non-hydrogen) atoms. The number of rotatable bonds is 6. The maximum Gasteiger partial charge on any atom is 0.259 e. The highest BCUT2D eigenvalue weighted by atomic mass is 16.5. The molecule has 2 aromatic heterocycles. The molecule has 3 atom stereocenters. The number of hydrogen-bond acceptors (Lipinski definition) is 6. The molecule has 4 rings (SSSR count). The third-order valence-electron chi connectivity index (χ3n) is 6.99. The molecule has 7 heteroatoms. The Morgan fingerprint density at radius 2 is 2.03 bits per heavy atom. The SMILES string of the molecule is C[C@H]1CN([C@@H](C)CO)C(=O)c2cc(C#CC3CCCC3)cnc2O[C@@H]1CN(C)Cc1ccncc1. The van der Waals surface area contributed by atoms with Crippen molar-refractivity contribution in [1.82, 2.24) is 19.8 Å². The largest absolute Gasteiger partial charge is 0.472 e. The molecule has 0 aromatic carbocycles. The van der Waals surface area contributed by atoms with Crippen LogP contribution in [0.15, 0.2) is 36.8 Å². The van der Waals surface area contributed by atoms with E-state index in [1.165, 1.54) is 18.4 Å². The van der Waals surface area contributed by atoms with E-state index in [0.717, 1.165) is 24.9 Å². The van der Waals surface area contributed by atoms with Crippen molar-refractivity contribution in [3.8, 4) is 17.7 Å². The summed E-state index contributed by atoms with van der Waals surface area (Å²) in [4.78, 5) is 26.1. The number of nitrogens with zero attached hydrogens (tertiary/aromatic N) is 4. The number of aliphatic hydroxyl groups is 1. The summed E-state index contributed by atoms with van der Waals surface area (Å²) in [7, 11) is 2.06. The fraction of sp³-hybridized carbons (Fsp3) is 0.536. The van der Waals surface area contributed by atoms with Crippen LogP contribution in [0.3, 0.4) is 0 Å². The van der Waals surface area contributed by atoms with Gasteiger partial charge in [-0.3, -0.25) is 14.7 Å². The highest BCUT2D eigenvalue weighted by molar-refractivity contribution is 5.97. The van der Waals surface area contributed by atoms with Gasteiger partial charge in [-0.25, -0.2) is 4.98 Å². The third-order valence-corrected chi connectivity index (χ3v) is 6.99. The lowest BCUT2D eigenvalue weighted by molar-refractivity contribution is 0.0325. The van der Waals surface area contributed by atoms with Crippen LogP contribution in [0, 0.1) is 23.7 Å². The second-order valence-electron chi connectivity index (χ2n) is 10.0. The zero-order valence-corrected chi connectivity index (χ0v) is 21.0. The number of fused-ring (bicyclic) bond motifs is 1. The number of ether oxygens (including phenoxy) is 1. The molecule has 1 saturated carbocycles. The van der Waals surface area contributed by atoms with Gasteiger partial charge in [0.25, 0.3) is 5.91 Å². The number of aliphatic hydroxyl groups excluding tert-OH is 1. The topological polar surface area (TPSA) is 78.8 Å². The van der Waals surface area contributed by atoms with Crippen LogP contribution < -0.4 is 4.74 Å². The van der Waals surface area contributed by atoms with Gasteiger partial charge < -0.3 is 14.7 Å². The van der Waals surface area contributed by atoms with Crippen LogP contribution in [0.5, 0.6) is 5.88 Å². The van der Waals surface area contributed by atoms with E-state index in [-0.39, 0.29) is 30.6 Å². The predicted molar refractivity (Wildman–Crippen MR) is 135 cm³/mol. The van der Waals surface area contributed by atoms with Gasteiger partial charge in [0.2, 0.25) is 5.88 Å². The molecule has 3 heterocycles. The summed E-state index contributed by atoms with van der Waals surface area (Å²) in [5.74, 6) is 7.22. The number of carbonyl (C=O) groups is 1. The van der Waals surface area contributed by atoms with Crippen molar-refractivity contribution in [2.75, 3.05) is 26.7 Å². The Hall–Kier alpha value is -2.95. The summed E-state index contributed by atoms with van der Waals surface area (Å²) in [5.41, 5.74) is 2.32. The van der Waals surface area contributed by atoms with Crippen LogP contribution in [0.2, 0.25) is 0 Å². The standard InChI is InChI=1S/C28H36N4O3/c1-20-16-32(21(2)19-33)28(34)25-14-24(9-8-22-6-4-5-7-22)15-30-27(25)35-26(20)18-31(3)17-23-10-12-29-13-11-23/h10-15,20-22,26,33H,4-7,16-19H2,1-3H3/t20-,21-,26+/m0/s1. The minimum absolute atomic E-state index is 0.0459. The molecule has 1 aliphatic heterocycles. The van der Waals surface area contributed by atoms with Crippen LogP contribution >= 0.6 is 0 Å². The monoisotopic (exact) mass is 476 g/mol. The van der Waals surface area contributed by atoms with Crippen molar-refractivity contribution in [1.29, 1.82) is 0 Å². The third kappa shape index (κ3) is 6.39. The van der Waals surface area contributed by atoms with Crippen molar-refractivity contribution in [2.45, 2.75) is 58.2 Å². The first-order valence-electron chi connectivity index (χ1n) is 12.6. The predicted octanol–water partition coefficient (Wildman–Crippen LogP) is 3.37. The lowest BCUT2D eigenvalue weighted by Crippen LogP contribution is -2.49. The maximum absolute atomic E-state index is 13.5. The molecular weight excluding hydrogens is 440 g/mol. The Kier molecular flexibility index (Phi) is 8.37. The van der Waals surface area contributed by atoms with Crippen molar-refractivity contribution in [2.24, 2.45) is 11.8 Å². The van der Waals surface area contributed by atoms with Gasteiger partial charge >= 0.3 is 0 Å². The molecular formula is C28H36N4O3. The summed E-state index contributed by atoms with van der Waals surface area (Å²) in [5, 5.41) is 9.86. The summed E-state index contributed by atoms with van der Waals surface area (Å²) in [6, 6.07) is 5.51. The Balaban J connectivity index is 1.60. The van der Waals surface area contributed by atoms with Gasteiger partial charge in [-0.15, -0.1) is 0 Å². The summed E-state index contributed by atoms with van der Waals surface area (Å²) in [6.07, 6.45) is 9.87. The zero-order chi connectivity index (χ0) is 24.8. The molecule has 186 valence electrons. The first-order chi connectivity index (χ1) is 16.9. The van der Waals surface area contributed by atoms with Crippen molar-refractivity contribution in [3.63, 3.8) is 0 Å². The van der Waals surface area contributed by atoms with Crippen molar-refractivity contribution < 1.29 is 14.6 Å². The lowest BCUT2D eigenvalue weighted by Gasteiger charge is -2.37. The molecule has 1 aliphatic carbocycles. The van der Waals surface area contributed by atoms with E-state index in [1.54, 1.807) is 29.6 Å². The molecule has 0 radical (unpaired) electrons. The Morgan fingerprint density at radius 3 is 2.74 bits per heavy atom. The number of aromatic nitrogens is 2. The van der Waals surface area contributed by atoms with Gasteiger partial charge in [-0.05, 0) is 50.6 Å². The Labute approximate surface area is 208 Å². The van der Waals surface area contributed by atoms with Crippen LogP contribution in [0.25, 0.3) is 0 Å². The Bertz CT molecular complexity index is 1060. The highest BCUT2D eigenvalue weighted by Crippen LogP contribution is 2.28. The summed E-state index contributed by atoms with van der Waals surface area (Å²) < 4.78 is 6.40. The number of pyridine rings is 2. The molecule has 0 spiro atoms. The van der Waals surface area contributed by atoms with Crippen LogP contribution in [0.1, 0.15) is 61.0 Å². The highest BCUT2D eigenvalue weighted by Gasteiger charge is 2.34. The zero-order valence-electron chi connectivity index (χ0n) is 21.0. The van der Waals surface area contributed by atoms with Gasteiger partial charge in [0.1, 0.15) is 11.7 Å². The van der Waals surface area contributed by atoms with Crippen LogP contribution in [0.4, 0.5) is 0 Å². The van der Waals surface area contributed by atoms with E-state index in [4.69, 9.17) is 4.74 Å². The normalized spacial score (nSPS) is 21.5. The van der Waals surface area contributed by atoms with Crippen LogP contribution in [-0.2, 0) is 6.54 Å². The number of carbonyl (C=O) groups excluding carboxylic acids is 1. The molecule has 2 aliphatic rings. The fourth-order valence-corrected chi connectivity index (χ4v) is 4.82. The van der Waals surface area contributed by atoms with Crippen LogP contribution in [-0.4, -0.2) is 69.7 Å². The number of amides is 1. The molecule has 1 N–H and O–H groups in total. The van der Waals surface area contributed by atoms with Gasteiger partial charge in [-0.1, -0.05) is 31.6 Å². The maximum atomic E-state index is 13.5. The number of hydrogen-bond donors (Lipinski definition) is 1. The van der Waals surface area contributed by atoms with E-state index in [0.29, 0.717) is 30.5 Å². The molecule has 0 unspecified atom stereocenters. The summed E-state index contributed by atoms with van der Waals surface area (Å²) in [6.45, 7) is 5.78. The molecule has 0 bridgehead atoms. The summed E-state index contributed by atoms with van der Waals surface area (Å²) >= 11 is 0. The fourth-order valence-electron chi connectivity index (χ4n) is 4.82. The first-order valence-corrected chi connectivity index (χ1v) is 12.6. The minimum Gasteiger partial charge on any atom is -0.472 e. The van der Waals surface area contributed by atoms with E-state index in [2.05, 4.69) is 40.7 Å². The second-order valence-corrected chi connectivity index (χ2v) is 10.0. The second kappa shape index (κ2) is 11.7. The number of likely N-dealkylation sites (N-methyl/N-ethyl adjacent to an activating group) is 1. The molecule has 1 fully saturated rings. The lowest BCUT2D eigenvalue weighted by atomic mass is 9.99. The van der Waals surface area contributed by atoms with Crippen molar-refractivity contribution >= 4 is 5.91 Å². The van der Waals surface area contributed by atoms with E-state index in [1.807, 2.05) is 19.1 Å². The van der Waals surface area contributed by atoms with E-state index in [9.17, 15) is 9.90 Å². The average molecular weight is 477 g/mol. The van der Waals surface area contributed by atoms with E-state index >= 15 is 0 Å². The average Bonchev–Trinajstić information content (AvgIpc) is 3.39. The quantitative estimate of drug-likeness (QED) is 0.644. The van der Waals surface area contributed by atoms with Gasteiger partial charge in [0.15, 0.2) is 0 Å². The smallest absolute Gasteiger partial charge is 0.259 e. The minimum atomic E-state index is -0.306. The molecule has 1 amide bonds. The van der Waals surface area contributed by atoms with Crippen molar-refractivity contribution in [3.05, 3.63) is 53.5 Å². The van der Waals surface area contributed by atoms with Gasteiger partial charge in [0, 0.05) is 55.6 Å². The van der Waals surface area contributed by atoms with Gasteiger partial charge in [-0.2, -0.15) is 0 Å². The molecule has 2 aromatic rings. The van der Waals surface area contributed by atoms with Gasteiger partial charge in [0.05, 0.1) is 12.6 Å². The van der Waals surface area contributed by atoms with E-state index < -0.39 is 0 Å². The molecule has 0 saturated heterocycles.